The molecule has 1 radical (unpaired) electrons. The standard InChI is InChI=1S/C10H12N3.Y/c1-6-5-7(2)9(4)10(8(6)3)12-13-11;/h1-4H3;/q-1;. The Hall–Kier alpha value is -0.366. The molecule has 0 saturated heterocycles. The van der Waals surface area contributed by atoms with Crippen LogP contribution in [0.3, 0.4) is 0 Å². The zero-order chi connectivity index (χ0) is 10.0. The Bertz CT molecular complexity index is 367. The fourth-order valence-corrected chi connectivity index (χ4v) is 1.30. The normalized spacial score (nSPS) is 8.86. The van der Waals surface area contributed by atoms with Crippen molar-refractivity contribution in [2.24, 2.45) is 5.11 Å². The van der Waals surface area contributed by atoms with Crippen LogP contribution in [0.15, 0.2) is 5.11 Å². The Morgan fingerprint density at radius 2 is 1.50 bits per heavy atom. The van der Waals surface area contributed by atoms with Crippen LogP contribution in [0.25, 0.3) is 10.4 Å². The first kappa shape index (κ1) is 13.6. The van der Waals surface area contributed by atoms with E-state index in [0.717, 1.165) is 27.9 Å². The second-order valence-corrected chi connectivity index (χ2v) is 3.16. The summed E-state index contributed by atoms with van der Waals surface area (Å²) in [6.07, 6.45) is 0. The van der Waals surface area contributed by atoms with E-state index in [1.54, 1.807) is 0 Å². The quantitative estimate of drug-likeness (QED) is 0.321. The maximum atomic E-state index is 8.40. The summed E-state index contributed by atoms with van der Waals surface area (Å²) >= 11 is 0. The van der Waals surface area contributed by atoms with E-state index >= 15 is 0 Å². The number of nitrogens with zero attached hydrogens (tertiary/aromatic N) is 3. The minimum absolute atomic E-state index is 0. The molecular formula is C10H12N3Y-. The van der Waals surface area contributed by atoms with Gasteiger partial charge in [-0.2, -0.15) is 17.2 Å². The van der Waals surface area contributed by atoms with Gasteiger partial charge in [0.2, 0.25) is 0 Å². The third-order valence-electron chi connectivity index (χ3n) is 2.36. The average Bonchev–Trinajstić information content (AvgIpc) is 2.09. The minimum Gasteiger partial charge on any atom is -0.177 e. The van der Waals surface area contributed by atoms with Crippen molar-refractivity contribution >= 4 is 5.69 Å². The molecule has 0 aliphatic carbocycles. The molecule has 3 nitrogen and oxygen atoms in total. The molecule has 0 aliphatic heterocycles. The van der Waals surface area contributed by atoms with Crippen molar-refractivity contribution in [2.75, 3.05) is 0 Å². The van der Waals surface area contributed by atoms with Crippen LogP contribution in [0.5, 0.6) is 0 Å². The molecule has 0 amide bonds. The van der Waals surface area contributed by atoms with Gasteiger partial charge in [0, 0.05) is 37.6 Å². The molecule has 1 aromatic rings. The SMILES string of the molecule is Cc1[c-]c(C)c(C)c(N=[N+]=[N-])c1C.[Y]. The van der Waals surface area contributed by atoms with Crippen LogP contribution in [0.1, 0.15) is 22.3 Å². The summed E-state index contributed by atoms with van der Waals surface area (Å²) in [6.45, 7) is 7.83. The molecule has 0 aliphatic rings. The van der Waals surface area contributed by atoms with Gasteiger partial charge in [0.05, 0.1) is 0 Å². The predicted octanol–water partition coefficient (Wildman–Crippen LogP) is 3.66. The molecule has 0 unspecified atom stereocenters. The largest absolute Gasteiger partial charge is 0.177 e. The first-order valence-corrected chi connectivity index (χ1v) is 4.12. The molecular weight excluding hydrogens is 251 g/mol. The van der Waals surface area contributed by atoms with Gasteiger partial charge in [-0.3, -0.25) is 0 Å². The maximum absolute atomic E-state index is 8.40. The van der Waals surface area contributed by atoms with E-state index in [9.17, 15) is 0 Å². The summed E-state index contributed by atoms with van der Waals surface area (Å²) in [5.74, 6) is 0. The number of azide groups is 1. The summed E-state index contributed by atoms with van der Waals surface area (Å²) in [7, 11) is 0. The summed E-state index contributed by atoms with van der Waals surface area (Å²) in [5.41, 5.74) is 13.3. The van der Waals surface area contributed by atoms with Gasteiger partial charge in [-0.25, -0.2) is 0 Å². The number of aryl methyl sites for hydroxylation is 2. The topological polar surface area (TPSA) is 48.8 Å². The van der Waals surface area contributed by atoms with Crippen molar-refractivity contribution in [3.63, 3.8) is 0 Å². The van der Waals surface area contributed by atoms with Crippen molar-refractivity contribution in [1.29, 1.82) is 0 Å². The molecule has 14 heavy (non-hydrogen) atoms. The summed E-state index contributed by atoms with van der Waals surface area (Å²) in [4.78, 5) is 2.82. The Morgan fingerprint density at radius 1 is 1.07 bits per heavy atom. The monoisotopic (exact) mass is 263 g/mol. The molecule has 0 atom stereocenters. The van der Waals surface area contributed by atoms with E-state index in [1.165, 1.54) is 0 Å². The van der Waals surface area contributed by atoms with Crippen LogP contribution >= 0.6 is 0 Å². The van der Waals surface area contributed by atoms with E-state index in [2.05, 4.69) is 16.1 Å². The van der Waals surface area contributed by atoms with Crippen LogP contribution < -0.4 is 0 Å². The van der Waals surface area contributed by atoms with Gasteiger partial charge in [0.15, 0.2) is 0 Å². The zero-order valence-corrected chi connectivity index (χ0v) is 11.8. The number of hydrogen-bond acceptors (Lipinski definition) is 1. The zero-order valence-electron chi connectivity index (χ0n) is 8.92. The van der Waals surface area contributed by atoms with E-state index in [-0.39, 0.29) is 32.7 Å². The summed E-state index contributed by atoms with van der Waals surface area (Å²) < 4.78 is 0. The van der Waals surface area contributed by atoms with Crippen molar-refractivity contribution in [3.8, 4) is 0 Å². The molecule has 0 spiro atoms. The molecule has 0 bridgehead atoms. The van der Waals surface area contributed by atoms with Gasteiger partial charge in [0.1, 0.15) is 0 Å². The van der Waals surface area contributed by atoms with Gasteiger partial charge < -0.3 is 0 Å². The van der Waals surface area contributed by atoms with Gasteiger partial charge in [-0.15, -0.1) is 11.1 Å². The van der Waals surface area contributed by atoms with Crippen molar-refractivity contribution in [1.82, 2.24) is 0 Å². The van der Waals surface area contributed by atoms with Gasteiger partial charge in [-0.05, 0) is 5.53 Å². The van der Waals surface area contributed by atoms with Crippen LogP contribution in [-0.2, 0) is 32.7 Å². The first-order chi connectivity index (χ1) is 6.07. The van der Waals surface area contributed by atoms with Crippen molar-refractivity contribution in [3.05, 3.63) is 38.8 Å². The van der Waals surface area contributed by atoms with Gasteiger partial charge in [0.25, 0.3) is 0 Å². The fraction of sp³-hybridized carbons (Fsp3) is 0.400. The molecule has 1 rings (SSSR count). The Labute approximate surface area is 109 Å². The van der Waals surface area contributed by atoms with Crippen LogP contribution in [-0.4, -0.2) is 0 Å². The molecule has 0 N–H and O–H groups in total. The van der Waals surface area contributed by atoms with Crippen molar-refractivity contribution in [2.45, 2.75) is 27.7 Å². The van der Waals surface area contributed by atoms with Crippen LogP contribution in [0.2, 0.25) is 0 Å². The van der Waals surface area contributed by atoms with Crippen molar-refractivity contribution < 1.29 is 32.7 Å². The van der Waals surface area contributed by atoms with Crippen LogP contribution in [0, 0.1) is 33.8 Å². The van der Waals surface area contributed by atoms with Gasteiger partial charge >= 0.3 is 0 Å². The van der Waals surface area contributed by atoms with E-state index < -0.39 is 0 Å². The molecule has 0 saturated carbocycles. The molecule has 0 fully saturated rings. The van der Waals surface area contributed by atoms with Gasteiger partial charge in [-0.1, -0.05) is 38.5 Å². The maximum Gasteiger partial charge on any atom is 0.00326 e. The minimum atomic E-state index is 0. The Morgan fingerprint density at radius 3 is 1.86 bits per heavy atom. The molecule has 1 aromatic carbocycles. The van der Waals surface area contributed by atoms with E-state index in [4.69, 9.17) is 5.53 Å². The summed E-state index contributed by atoms with van der Waals surface area (Å²) in [5, 5.41) is 3.69. The molecule has 0 heterocycles. The fourth-order valence-electron chi connectivity index (χ4n) is 1.30. The average molecular weight is 263 g/mol. The third-order valence-corrected chi connectivity index (χ3v) is 2.36. The predicted molar refractivity (Wildman–Crippen MR) is 53.0 cm³/mol. The number of rotatable bonds is 1. The second-order valence-electron chi connectivity index (χ2n) is 3.16. The first-order valence-electron chi connectivity index (χ1n) is 4.12. The van der Waals surface area contributed by atoms with Crippen LogP contribution in [0.4, 0.5) is 5.69 Å². The molecule has 4 heteroatoms. The smallest absolute Gasteiger partial charge is 0.00326 e. The number of hydrogen-bond donors (Lipinski definition) is 0. The molecule has 0 aromatic heterocycles. The van der Waals surface area contributed by atoms with E-state index in [0.29, 0.717) is 0 Å². The number of benzene rings is 1. The Balaban J connectivity index is 0.00000169. The third kappa shape index (κ3) is 2.57. The molecule has 71 valence electrons. The van der Waals surface area contributed by atoms with E-state index in [1.807, 2.05) is 27.7 Å². The Kier molecular flexibility index (Phi) is 5.36. The second kappa shape index (κ2) is 5.50. The summed E-state index contributed by atoms with van der Waals surface area (Å²) in [6, 6.07) is 3.22.